The average molecular weight is 336 g/mol. The van der Waals surface area contributed by atoms with Crippen molar-refractivity contribution in [3.05, 3.63) is 64.8 Å². The molecule has 0 radical (unpaired) electrons. The van der Waals surface area contributed by atoms with Gasteiger partial charge in [0, 0.05) is 24.5 Å². The number of methoxy groups -OCH3 is 1. The van der Waals surface area contributed by atoms with Crippen molar-refractivity contribution < 1.29 is 9.53 Å². The van der Waals surface area contributed by atoms with Gasteiger partial charge in [0.1, 0.15) is 11.4 Å². The molecule has 0 unspecified atom stereocenters. The molecule has 0 saturated carbocycles. The summed E-state index contributed by atoms with van der Waals surface area (Å²) < 4.78 is 7.14. The molecule has 1 amide bonds. The second-order valence-electron chi connectivity index (χ2n) is 6.27. The predicted molar refractivity (Wildman–Crippen MR) is 101 cm³/mol. The van der Waals surface area contributed by atoms with Gasteiger partial charge >= 0.3 is 0 Å². The van der Waals surface area contributed by atoms with E-state index in [2.05, 4.69) is 30.4 Å². The van der Waals surface area contributed by atoms with E-state index in [1.54, 1.807) is 7.11 Å². The van der Waals surface area contributed by atoms with Crippen molar-refractivity contribution in [2.75, 3.05) is 7.11 Å². The van der Waals surface area contributed by atoms with Gasteiger partial charge in [-0.1, -0.05) is 25.1 Å². The van der Waals surface area contributed by atoms with Crippen LogP contribution in [0, 0.1) is 6.92 Å². The van der Waals surface area contributed by atoms with Crippen molar-refractivity contribution >= 4 is 16.8 Å². The summed E-state index contributed by atoms with van der Waals surface area (Å²) >= 11 is 0. The average Bonchev–Trinajstić information content (AvgIpc) is 2.90. The first kappa shape index (κ1) is 17.1. The minimum atomic E-state index is -0.0509. The number of nitrogens with zero attached hydrogens (tertiary/aromatic N) is 1. The summed E-state index contributed by atoms with van der Waals surface area (Å²) in [5, 5.41) is 4.17. The molecule has 0 aliphatic carbocycles. The summed E-state index contributed by atoms with van der Waals surface area (Å²) in [4.78, 5) is 12.8. The van der Waals surface area contributed by atoms with Crippen LogP contribution in [0.1, 0.15) is 34.1 Å². The van der Waals surface area contributed by atoms with Crippen LogP contribution >= 0.6 is 0 Å². The fourth-order valence-corrected chi connectivity index (χ4v) is 3.23. The van der Waals surface area contributed by atoms with Gasteiger partial charge in [0.15, 0.2) is 0 Å². The molecule has 0 bridgehead atoms. The maximum absolute atomic E-state index is 12.8. The molecule has 0 spiro atoms. The fourth-order valence-electron chi connectivity index (χ4n) is 3.23. The lowest BCUT2D eigenvalue weighted by atomic mass is 10.1. The number of hydrogen-bond acceptors (Lipinski definition) is 2. The summed E-state index contributed by atoms with van der Waals surface area (Å²) in [7, 11) is 3.59. The summed E-state index contributed by atoms with van der Waals surface area (Å²) in [6, 6.07) is 14.1. The molecular weight excluding hydrogens is 312 g/mol. The minimum Gasteiger partial charge on any atom is -0.497 e. The number of nitrogens with one attached hydrogen (secondary N) is 1. The third kappa shape index (κ3) is 3.25. The highest BCUT2D eigenvalue weighted by Gasteiger charge is 2.18. The zero-order valence-corrected chi connectivity index (χ0v) is 15.2. The highest BCUT2D eigenvalue weighted by atomic mass is 16.5. The molecule has 1 N–H and O–H groups in total. The van der Waals surface area contributed by atoms with Crippen molar-refractivity contribution in [2.24, 2.45) is 7.05 Å². The van der Waals surface area contributed by atoms with Gasteiger partial charge in [-0.3, -0.25) is 4.79 Å². The Morgan fingerprint density at radius 3 is 2.44 bits per heavy atom. The van der Waals surface area contributed by atoms with E-state index in [0.717, 1.165) is 39.9 Å². The molecule has 0 aliphatic heterocycles. The molecule has 0 fully saturated rings. The first-order valence-electron chi connectivity index (χ1n) is 8.54. The van der Waals surface area contributed by atoms with Gasteiger partial charge in [-0.2, -0.15) is 0 Å². The van der Waals surface area contributed by atoms with Crippen LogP contribution in [-0.4, -0.2) is 17.6 Å². The predicted octanol–water partition coefficient (Wildman–Crippen LogP) is 3.99. The van der Waals surface area contributed by atoms with E-state index in [4.69, 9.17) is 4.74 Å². The highest BCUT2D eigenvalue weighted by molar-refractivity contribution is 6.01. The van der Waals surface area contributed by atoms with Crippen molar-refractivity contribution in [2.45, 2.75) is 26.8 Å². The minimum absolute atomic E-state index is 0.0509. The summed E-state index contributed by atoms with van der Waals surface area (Å²) in [5.41, 5.74) is 5.16. The van der Waals surface area contributed by atoms with E-state index < -0.39 is 0 Å². The lowest BCUT2D eigenvalue weighted by Gasteiger charge is -2.08. The number of carbonyl (C=O) groups is 1. The van der Waals surface area contributed by atoms with E-state index in [1.165, 1.54) is 5.56 Å². The third-order valence-corrected chi connectivity index (χ3v) is 4.75. The van der Waals surface area contributed by atoms with E-state index >= 15 is 0 Å². The number of ether oxygens (including phenoxy) is 1. The number of amides is 1. The van der Waals surface area contributed by atoms with Crippen LogP contribution in [0.2, 0.25) is 0 Å². The molecule has 0 atom stereocenters. The van der Waals surface area contributed by atoms with E-state index in [0.29, 0.717) is 6.54 Å². The van der Waals surface area contributed by atoms with Gasteiger partial charge in [0.2, 0.25) is 0 Å². The highest BCUT2D eigenvalue weighted by Crippen LogP contribution is 2.26. The molecule has 0 saturated heterocycles. The maximum Gasteiger partial charge on any atom is 0.268 e. The molecule has 3 rings (SSSR count). The lowest BCUT2D eigenvalue weighted by molar-refractivity contribution is 0.0942. The molecule has 1 heterocycles. The topological polar surface area (TPSA) is 43.3 Å². The summed E-state index contributed by atoms with van der Waals surface area (Å²) in [6.07, 6.45) is 0.989. The van der Waals surface area contributed by atoms with Crippen molar-refractivity contribution in [1.82, 2.24) is 9.88 Å². The lowest BCUT2D eigenvalue weighted by Crippen LogP contribution is -2.25. The normalized spacial score (nSPS) is 10.9. The van der Waals surface area contributed by atoms with Gasteiger partial charge in [-0.25, -0.2) is 0 Å². The Morgan fingerprint density at radius 1 is 1.12 bits per heavy atom. The van der Waals surface area contributed by atoms with Crippen LogP contribution in [0.5, 0.6) is 5.75 Å². The largest absolute Gasteiger partial charge is 0.497 e. The first-order valence-corrected chi connectivity index (χ1v) is 8.54. The van der Waals surface area contributed by atoms with Crippen molar-refractivity contribution in [1.29, 1.82) is 0 Å². The Kier molecular flexibility index (Phi) is 4.79. The Labute approximate surface area is 148 Å². The van der Waals surface area contributed by atoms with E-state index in [1.807, 2.05) is 42.8 Å². The summed E-state index contributed by atoms with van der Waals surface area (Å²) in [5.74, 6) is 0.761. The molecule has 1 aromatic heterocycles. The van der Waals surface area contributed by atoms with Crippen LogP contribution in [0.3, 0.4) is 0 Å². The molecule has 0 aliphatic rings. The molecule has 25 heavy (non-hydrogen) atoms. The molecule has 130 valence electrons. The van der Waals surface area contributed by atoms with Crippen LogP contribution in [0.15, 0.2) is 42.5 Å². The first-order chi connectivity index (χ1) is 12.0. The Hall–Kier alpha value is -2.75. The Balaban J connectivity index is 1.83. The molecule has 4 nitrogen and oxygen atoms in total. The van der Waals surface area contributed by atoms with Crippen molar-refractivity contribution in [3.63, 3.8) is 0 Å². The smallest absolute Gasteiger partial charge is 0.268 e. The van der Waals surface area contributed by atoms with E-state index in [9.17, 15) is 4.79 Å². The van der Waals surface area contributed by atoms with Crippen LogP contribution in [-0.2, 0) is 20.0 Å². The molecular formula is C21H24N2O2. The number of benzene rings is 2. The van der Waals surface area contributed by atoms with Crippen LogP contribution in [0.25, 0.3) is 10.9 Å². The quantitative estimate of drug-likeness (QED) is 0.765. The Morgan fingerprint density at radius 2 is 1.80 bits per heavy atom. The van der Waals surface area contributed by atoms with Crippen LogP contribution in [0.4, 0.5) is 0 Å². The van der Waals surface area contributed by atoms with Gasteiger partial charge in [-0.15, -0.1) is 0 Å². The second-order valence-corrected chi connectivity index (χ2v) is 6.27. The van der Waals surface area contributed by atoms with E-state index in [-0.39, 0.29) is 5.91 Å². The molecule has 2 aromatic carbocycles. The number of aromatic nitrogens is 1. The van der Waals surface area contributed by atoms with Gasteiger partial charge in [0.25, 0.3) is 5.91 Å². The number of carbonyl (C=O) groups excluding carboxylic acids is 1. The van der Waals surface area contributed by atoms with Crippen molar-refractivity contribution in [3.8, 4) is 5.75 Å². The van der Waals surface area contributed by atoms with Gasteiger partial charge < -0.3 is 14.6 Å². The SMILES string of the molecule is CCc1ccc2c(c1)c(C)c(C(=O)NCc1ccc(OC)cc1)n2C. The van der Waals surface area contributed by atoms with Gasteiger partial charge in [-0.05, 0) is 54.3 Å². The Bertz CT molecular complexity index is 908. The number of hydrogen-bond donors (Lipinski definition) is 1. The number of aryl methyl sites for hydroxylation is 3. The maximum atomic E-state index is 12.8. The molecule has 3 aromatic rings. The van der Waals surface area contributed by atoms with Crippen LogP contribution < -0.4 is 10.1 Å². The summed E-state index contributed by atoms with van der Waals surface area (Å²) in [6.45, 7) is 4.65. The standard InChI is InChI=1S/C21H24N2O2/c1-5-15-8-11-19-18(12-15)14(2)20(23(19)3)21(24)22-13-16-6-9-17(25-4)10-7-16/h6-12H,5,13H2,1-4H3,(H,22,24). The second kappa shape index (κ2) is 7.01. The monoisotopic (exact) mass is 336 g/mol. The number of rotatable bonds is 5. The fraction of sp³-hybridized carbons (Fsp3) is 0.286. The van der Waals surface area contributed by atoms with Gasteiger partial charge in [0.05, 0.1) is 7.11 Å². The number of fused-ring (bicyclic) bond motifs is 1. The third-order valence-electron chi connectivity index (χ3n) is 4.75. The zero-order chi connectivity index (χ0) is 18.0. The molecule has 4 heteroatoms. The zero-order valence-electron chi connectivity index (χ0n) is 15.2.